The molecule has 0 spiro atoms. The SMILES string of the molecule is CCN1C(=O)/C(=C/c2cc(I)c(O)c(OC)c2)N(C)C1=S. The van der Waals surface area contributed by atoms with Gasteiger partial charge in [0.1, 0.15) is 5.70 Å². The van der Waals surface area contributed by atoms with Crippen molar-refractivity contribution in [2.75, 3.05) is 20.7 Å². The highest BCUT2D eigenvalue weighted by molar-refractivity contribution is 14.1. The second-order valence-corrected chi connectivity index (χ2v) is 6.00. The summed E-state index contributed by atoms with van der Waals surface area (Å²) in [5.74, 6) is 0.348. The van der Waals surface area contributed by atoms with E-state index in [0.717, 1.165) is 5.56 Å². The molecule has 0 aliphatic carbocycles. The van der Waals surface area contributed by atoms with Crippen LogP contribution < -0.4 is 4.74 Å². The lowest BCUT2D eigenvalue weighted by Gasteiger charge is -2.13. The summed E-state index contributed by atoms with van der Waals surface area (Å²) < 4.78 is 5.78. The molecule has 112 valence electrons. The quantitative estimate of drug-likeness (QED) is 0.465. The highest BCUT2D eigenvalue weighted by atomic mass is 127. The highest BCUT2D eigenvalue weighted by Gasteiger charge is 2.34. The van der Waals surface area contributed by atoms with Crippen molar-refractivity contribution >= 4 is 51.9 Å². The maximum atomic E-state index is 12.3. The van der Waals surface area contributed by atoms with Crippen LogP contribution in [0.4, 0.5) is 0 Å². The first kappa shape index (κ1) is 16.0. The molecule has 1 saturated heterocycles. The fourth-order valence-corrected chi connectivity index (χ4v) is 3.02. The van der Waals surface area contributed by atoms with Gasteiger partial charge in [-0.25, -0.2) is 0 Å². The number of amides is 1. The molecule has 0 saturated carbocycles. The Labute approximate surface area is 142 Å². The summed E-state index contributed by atoms with van der Waals surface area (Å²) in [6.07, 6.45) is 1.74. The molecule has 1 aliphatic heterocycles. The Bertz CT molecular complexity index is 645. The number of rotatable bonds is 3. The van der Waals surface area contributed by atoms with Crippen molar-refractivity contribution in [3.8, 4) is 11.5 Å². The van der Waals surface area contributed by atoms with E-state index in [0.29, 0.717) is 26.7 Å². The van der Waals surface area contributed by atoms with E-state index >= 15 is 0 Å². The first-order valence-corrected chi connectivity index (χ1v) is 7.77. The third-order valence-electron chi connectivity index (χ3n) is 3.23. The number of halogens is 1. The Kier molecular flexibility index (Phi) is 4.72. The summed E-state index contributed by atoms with van der Waals surface area (Å²) in [6, 6.07) is 3.47. The molecule has 5 nitrogen and oxygen atoms in total. The minimum Gasteiger partial charge on any atom is -0.504 e. The van der Waals surface area contributed by atoms with Gasteiger partial charge in [0, 0.05) is 13.6 Å². The van der Waals surface area contributed by atoms with E-state index in [1.165, 1.54) is 7.11 Å². The zero-order chi connectivity index (χ0) is 15.7. The summed E-state index contributed by atoms with van der Waals surface area (Å²) >= 11 is 7.27. The van der Waals surface area contributed by atoms with Crippen LogP contribution in [0.5, 0.6) is 11.5 Å². The fraction of sp³-hybridized carbons (Fsp3) is 0.286. The molecule has 0 aromatic heterocycles. The minimum atomic E-state index is -0.118. The number of hydrogen-bond acceptors (Lipinski definition) is 4. The van der Waals surface area contributed by atoms with E-state index in [2.05, 4.69) is 0 Å². The summed E-state index contributed by atoms with van der Waals surface area (Å²) in [7, 11) is 3.26. The van der Waals surface area contributed by atoms with Crippen LogP contribution in [0.3, 0.4) is 0 Å². The predicted molar refractivity (Wildman–Crippen MR) is 93.1 cm³/mol. The van der Waals surface area contributed by atoms with Crippen molar-refractivity contribution in [1.29, 1.82) is 0 Å². The number of nitrogens with zero attached hydrogens (tertiary/aromatic N) is 2. The molecular formula is C14H15IN2O3S. The van der Waals surface area contributed by atoms with Crippen molar-refractivity contribution in [1.82, 2.24) is 9.80 Å². The van der Waals surface area contributed by atoms with Gasteiger partial charge in [-0.2, -0.15) is 0 Å². The van der Waals surface area contributed by atoms with Crippen LogP contribution >= 0.6 is 34.8 Å². The molecule has 0 bridgehead atoms. The first-order chi connectivity index (χ1) is 9.90. The van der Waals surface area contributed by atoms with E-state index in [1.54, 1.807) is 35.1 Å². The molecule has 1 N–H and O–H groups in total. The van der Waals surface area contributed by atoms with E-state index in [4.69, 9.17) is 17.0 Å². The molecule has 7 heteroatoms. The summed E-state index contributed by atoms with van der Waals surface area (Å²) in [6.45, 7) is 2.42. The maximum Gasteiger partial charge on any atom is 0.276 e. The molecule has 1 aliphatic rings. The van der Waals surface area contributed by atoms with Crippen molar-refractivity contribution < 1.29 is 14.6 Å². The van der Waals surface area contributed by atoms with E-state index in [1.807, 2.05) is 29.5 Å². The van der Waals surface area contributed by atoms with Crippen molar-refractivity contribution in [3.63, 3.8) is 0 Å². The fourth-order valence-electron chi connectivity index (χ4n) is 2.08. The lowest BCUT2D eigenvalue weighted by atomic mass is 10.1. The molecule has 0 radical (unpaired) electrons. The predicted octanol–water partition coefficient (Wildman–Crippen LogP) is 2.43. The van der Waals surface area contributed by atoms with Gasteiger partial charge in [-0.15, -0.1) is 0 Å². The first-order valence-electron chi connectivity index (χ1n) is 6.28. The van der Waals surface area contributed by atoms with E-state index < -0.39 is 0 Å². The largest absolute Gasteiger partial charge is 0.504 e. The molecule has 21 heavy (non-hydrogen) atoms. The Hall–Kier alpha value is -1.35. The number of phenolic OH excluding ortho intramolecular Hbond substituents is 1. The highest BCUT2D eigenvalue weighted by Crippen LogP contribution is 2.33. The number of carbonyl (C=O) groups is 1. The molecule has 1 heterocycles. The van der Waals surface area contributed by atoms with Gasteiger partial charge in [0.15, 0.2) is 16.6 Å². The molecule has 0 unspecified atom stereocenters. The number of carbonyl (C=O) groups excluding carboxylic acids is 1. The van der Waals surface area contributed by atoms with Crippen molar-refractivity contribution in [2.45, 2.75) is 6.92 Å². The second kappa shape index (κ2) is 6.18. The zero-order valence-corrected chi connectivity index (χ0v) is 14.9. The van der Waals surface area contributed by atoms with Crippen LogP contribution in [0.1, 0.15) is 12.5 Å². The van der Waals surface area contributed by atoms with Gasteiger partial charge >= 0.3 is 0 Å². The Morgan fingerprint density at radius 1 is 1.48 bits per heavy atom. The second-order valence-electron chi connectivity index (χ2n) is 4.47. The lowest BCUT2D eigenvalue weighted by Crippen LogP contribution is -2.30. The Balaban J connectivity index is 2.47. The molecule has 2 rings (SSSR count). The van der Waals surface area contributed by atoms with Crippen LogP contribution in [0, 0.1) is 3.57 Å². The number of phenols is 1. The molecule has 1 amide bonds. The van der Waals surface area contributed by atoms with Crippen LogP contribution in [0.2, 0.25) is 0 Å². The number of thiocarbonyl (C=S) groups is 1. The van der Waals surface area contributed by atoms with Crippen LogP contribution in [-0.2, 0) is 4.79 Å². The van der Waals surface area contributed by atoms with Crippen LogP contribution in [-0.4, -0.2) is 46.6 Å². The average Bonchev–Trinajstić information content (AvgIpc) is 2.66. The smallest absolute Gasteiger partial charge is 0.276 e. The number of likely N-dealkylation sites (N-methyl/N-ethyl adjacent to an activating group) is 2. The van der Waals surface area contributed by atoms with Gasteiger partial charge in [-0.05, 0) is 65.5 Å². The summed E-state index contributed by atoms with van der Waals surface area (Å²) in [5.41, 5.74) is 1.27. The van der Waals surface area contributed by atoms with Gasteiger partial charge in [0.05, 0.1) is 10.7 Å². The Morgan fingerprint density at radius 2 is 2.14 bits per heavy atom. The molecule has 1 aromatic rings. The summed E-state index contributed by atoms with van der Waals surface area (Å²) in [5, 5.41) is 10.3. The maximum absolute atomic E-state index is 12.3. The lowest BCUT2D eigenvalue weighted by molar-refractivity contribution is -0.122. The number of methoxy groups -OCH3 is 1. The molecular weight excluding hydrogens is 403 g/mol. The molecule has 1 fully saturated rings. The van der Waals surface area contributed by atoms with E-state index in [9.17, 15) is 9.90 Å². The van der Waals surface area contributed by atoms with Gasteiger partial charge in [0.2, 0.25) is 0 Å². The average molecular weight is 418 g/mol. The number of hydrogen-bond donors (Lipinski definition) is 1. The Morgan fingerprint density at radius 3 is 2.67 bits per heavy atom. The van der Waals surface area contributed by atoms with Crippen molar-refractivity contribution in [3.05, 3.63) is 27.0 Å². The third kappa shape index (κ3) is 2.84. The monoisotopic (exact) mass is 418 g/mol. The normalized spacial score (nSPS) is 17.0. The van der Waals surface area contributed by atoms with Gasteiger partial charge in [-0.1, -0.05) is 0 Å². The van der Waals surface area contributed by atoms with Gasteiger partial charge in [-0.3, -0.25) is 9.69 Å². The zero-order valence-electron chi connectivity index (χ0n) is 11.9. The van der Waals surface area contributed by atoms with Gasteiger partial charge < -0.3 is 14.7 Å². The number of ether oxygens (including phenoxy) is 1. The number of benzene rings is 1. The van der Waals surface area contributed by atoms with Crippen LogP contribution in [0.15, 0.2) is 17.8 Å². The van der Waals surface area contributed by atoms with E-state index in [-0.39, 0.29) is 11.7 Å². The summed E-state index contributed by atoms with van der Waals surface area (Å²) in [4.78, 5) is 15.5. The molecule has 1 aromatic carbocycles. The standard InChI is InChI=1S/C14H15IN2O3S/c1-4-17-13(19)10(16(2)14(17)21)6-8-5-9(15)12(18)11(7-8)20-3/h5-7,18H,4H2,1-3H3/b10-6-. The van der Waals surface area contributed by atoms with Crippen LogP contribution in [0.25, 0.3) is 6.08 Å². The third-order valence-corrected chi connectivity index (χ3v) is 4.55. The minimum absolute atomic E-state index is 0.0945. The van der Waals surface area contributed by atoms with Gasteiger partial charge in [0.25, 0.3) is 5.91 Å². The number of aromatic hydroxyl groups is 1. The molecule has 0 atom stereocenters. The van der Waals surface area contributed by atoms with Crippen molar-refractivity contribution in [2.24, 2.45) is 0 Å². The topological polar surface area (TPSA) is 53.0 Å².